The molecule has 0 spiro atoms. The summed E-state index contributed by atoms with van der Waals surface area (Å²) in [6.45, 7) is 0.374. The molecule has 5 heteroatoms. The van der Waals surface area contributed by atoms with Gasteiger partial charge in [-0.05, 0) is 29.3 Å². The van der Waals surface area contributed by atoms with Crippen LogP contribution < -0.4 is 4.74 Å². The standard InChI is InChI=1S/C17H14O5/c18-16(19)15(17(20)21)10-13-7-4-8-14(9-13)22-11-12-5-2-1-3-6-12/h1-10H,11H2,(H,18,19)(H,20,21). The highest BCUT2D eigenvalue weighted by atomic mass is 16.5. The van der Waals surface area contributed by atoms with Gasteiger partial charge in [0.1, 0.15) is 17.9 Å². The van der Waals surface area contributed by atoms with E-state index < -0.39 is 17.5 Å². The highest BCUT2D eigenvalue weighted by molar-refractivity contribution is 6.16. The normalized spacial score (nSPS) is 9.82. The summed E-state index contributed by atoms with van der Waals surface area (Å²) < 4.78 is 5.61. The maximum absolute atomic E-state index is 10.9. The molecule has 0 aliphatic rings. The van der Waals surface area contributed by atoms with Crippen LogP contribution >= 0.6 is 0 Å². The zero-order valence-corrected chi connectivity index (χ0v) is 11.6. The molecule has 0 aromatic heterocycles. The van der Waals surface area contributed by atoms with Crippen molar-refractivity contribution in [2.45, 2.75) is 6.61 Å². The Kier molecular flexibility index (Phi) is 4.93. The summed E-state index contributed by atoms with van der Waals surface area (Å²) in [6, 6.07) is 16.2. The average molecular weight is 298 g/mol. The summed E-state index contributed by atoms with van der Waals surface area (Å²) >= 11 is 0. The first-order valence-corrected chi connectivity index (χ1v) is 6.51. The zero-order chi connectivity index (χ0) is 15.9. The number of carboxylic acids is 2. The van der Waals surface area contributed by atoms with Gasteiger partial charge in [0.15, 0.2) is 0 Å². The number of hydrogen-bond donors (Lipinski definition) is 2. The van der Waals surface area contributed by atoms with Crippen LogP contribution in [0.25, 0.3) is 6.08 Å². The smallest absolute Gasteiger partial charge is 0.343 e. The van der Waals surface area contributed by atoms with Gasteiger partial charge in [-0.2, -0.15) is 0 Å². The molecule has 0 aliphatic heterocycles. The van der Waals surface area contributed by atoms with E-state index in [1.54, 1.807) is 24.3 Å². The van der Waals surface area contributed by atoms with Crippen molar-refractivity contribution in [1.29, 1.82) is 0 Å². The Bertz CT molecular complexity index is 688. The number of aliphatic carboxylic acids is 2. The predicted octanol–water partition coefficient (Wildman–Crippen LogP) is 2.82. The lowest BCUT2D eigenvalue weighted by Crippen LogP contribution is -2.10. The first-order chi connectivity index (χ1) is 10.6. The molecule has 5 nitrogen and oxygen atoms in total. The lowest BCUT2D eigenvalue weighted by molar-refractivity contribution is -0.140. The molecular formula is C17H14O5. The van der Waals surface area contributed by atoms with Crippen molar-refractivity contribution < 1.29 is 24.5 Å². The second-order valence-electron chi connectivity index (χ2n) is 4.52. The Morgan fingerprint density at radius 1 is 0.955 bits per heavy atom. The van der Waals surface area contributed by atoms with Crippen LogP contribution in [-0.4, -0.2) is 22.2 Å². The molecule has 2 aromatic rings. The summed E-state index contributed by atoms with van der Waals surface area (Å²) in [4.78, 5) is 21.7. The van der Waals surface area contributed by atoms with Crippen molar-refractivity contribution in [2.24, 2.45) is 0 Å². The molecule has 0 saturated carbocycles. The van der Waals surface area contributed by atoms with Crippen molar-refractivity contribution in [2.75, 3.05) is 0 Å². The number of ether oxygens (including phenoxy) is 1. The van der Waals surface area contributed by atoms with Crippen LogP contribution in [0.3, 0.4) is 0 Å². The second-order valence-corrected chi connectivity index (χ2v) is 4.52. The van der Waals surface area contributed by atoms with Gasteiger partial charge in [0.25, 0.3) is 0 Å². The van der Waals surface area contributed by atoms with E-state index in [0.29, 0.717) is 17.9 Å². The van der Waals surface area contributed by atoms with Crippen LogP contribution in [-0.2, 0) is 16.2 Å². The number of carbonyl (C=O) groups is 2. The van der Waals surface area contributed by atoms with Gasteiger partial charge in [-0.15, -0.1) is 0 Å². The number of carboxylic acid groups (broad SMARTS) is 2. The van der Waals surface area contributed by atoms with E-state index in [4.69, 9.17) is 14.9 Å². The topological polar surface area (TPSA) is 83.8 Å². The highest BCUT2D eigenvalue weighted by Gasteiger charge is 2.15. The van der Waals surface area contributed by atoms with Gasteiger partial charge in [-0.1, -0.05) is 42.5 Å². The molecule has 0 heterocycles. The third-order valence-electron chi connectivity index (χ3n) is 2.88. The molecule has 0 atom stereocenters. The lowest BCUT2D eigenvalue weighted by Gasteiger charge is -2.07. The van der Waals surface area contributed by atoms with E-state index in [-0.39, 0.29) is 0 Å². The van der Waals surface area contributed by atoms with Crippen molar-refractivity contribution in [1.82, 2.24) is 0 Å². The molecular weight excluding hydrogens is 284 g/mol. The highest BCUT2D eigenvalue weighted by Crippen LogP contribution is 2.17. The minimum Gasteiger partial charge on any atom is -0.489 e. The van der Waals surface area contributed by atoms with E-state index in [2.05, 4.69) is 0 Å². The van der Waals surface area contributed by atoms with Crippen LogP contribution in [0.4, 0.5) is 0 Å². The predicted molar refractivity (Wildman–Crippen MR) is 80.5 cm³/mol. The van der Waals surface area contributed by atoms with Gasteiger partial charge in [0, 0.05) is 0 Å². The fraction of sp³-hybridized carbons (Fsp3) is 0.0588. The molecule has 2 rings (SSSR count). The fourth-order valence-electron chi connectivity index (χ4n) is 1.82. The molecule has 22 heavy (non-hydrogen) atoms. The molecule has 0 aliphatic carbocycles. The van der Waals surface area contributed by atoms with Crippen LogP contribution in [0.5, 0.6) is 5.75 Å². The lowest BCUT2D eigenvalue weighted by atomic mass is 10.1. The number of rotatable bonds is 6. The second kappa shape index (κ2) is 7.08. The molecule has 2 aromatic carbocycles. The van der Waals surface area contributed by atoms with Crippen LogP contribution in [0.15, 0.2) is 60.2 Å². The van der Waals surface area contributed by atoms with Gasteiger partial charge in [-0.3, -0.25) is 0 Å². The molecule has 0 radical (unpaired) electrons. The third-order valence-corrected chi connectivity index (χ3v) is 2.88. The van der Waals surface area contributed by atoms with Gasteiger partial charge in [-0.25, -0.2) is 9.59 Å². The summed E-state index contributed by atoms with van der Waals surface area (Å²) in [5.41, 5.74) is 0.755. The Hall–Kier alpha value is -3.08. The van der Waals surface area contributed by atoms with Crippen molar-refractivity contribution in [3.63, 3.8) is 0 Å². The van der Waals surface area contributed by atoms with Crippen molar-refractivity contribution >= 4 is 18.0 Å². The molecule has 0 saturated heterocycles. The SMILES string of the molecule is O=C(O)C(=Cc1cccc(OCc2ccccc2)c1)C(=O)O. The zero-order valence-electron chi connectivity index (χ0n) is 11.6. The van der Waals surface area contributed by atoms with Gasteiger partial charge in [0.2, 0.25) is 0 Å². The number of hydrogen-bond acceptors (Lipinski definition) is 3. The Morgan fingerprint density at radius 2 is 1.64 bits per heavy atom. The Labute approximate surface area is 127 Å². The maximum Gasteiger partial charge on any atom is 0.343 e. The van der Waals surface area contributed by atoms with E-state index in [9.17, 15) is 9.59 Å². The van der Waals surface area contributed by atoms with E-state index in [1.165, 1.54) is 0 Å². The van der Waals surface area contributed by atoms with Crippen LogP contribution in [0.1, 0.15) is 11.1 Å². The molecule has 0 bridgehead atoms. The number of benzene rings is 2. The average Bonchev–Trinajstić information content (AvgIpc) is 2.51. The van der Waals surface area contributed by atoms with E-state index in [0.717, 1.165) is 11.6 Å². The summed E-state index contributed by atoms with van der Waals surface area (Å²) in [5, 5.41) is 17.7. The first-order valence-electron chi connectivity index (χ1n) is 6.51. The van der Waals surface area contributed by atoms with Gasteiger partial charge >= 0.3 is 11.9 Å². The monoisotopic (exact) mass is 298 g/mol. The molecule has 2 N–H and O–H groups in total. The maximum atomic E-state index is 10.9. The Balaban J connectivity index is 2.14. The van der Waals surface area contributed by atoms with E-state index >= 15 is 0 Å². The molecule has 0 amide bonds. The van der Waals surface area contributed by atoms with Gasteiger partial charge in [0.05, 0.1) is 0 Å². The minimum absolute atomic E-state index is 0.374. The van der Waals surface area contributed by atoms with Crippen LogP contribution in [0.2, 0.25) is 0 Å². The van der Waals surface area contributed by atoms with E-state index in [1.807, 2.05) is 30.3 Å². The van der Waals surface area contributed by atoms with Crippen molar-refractivity contribution in [3.8, 4) is 5.75 Å². The largest absolute Gasteiger partial charge is 0.489 e. The Morgan fingerprint density at radius 3 is 2.27 bits per heavy atom. The summed E-state index contributed by atoms with van der Waals surface area (Å²) in [7, 11) is 0. The third kappa shape index (κ3) is 4.21. The van der Waals surface area contributed by atoms with Crippen LogP contribution in [0, 0.1) is 0 Å². The molecule has 0 unspecified atom stereocenters. The minimum atomic E-state index is -1.48. The fourth-order valence-corrected chi connectivity index (χ4v) is 1.82. The first kappa shape index (κ1) is 15.3. The summed E-state index contributed by atoms with van der Waals surface area (Å²) in [5.74, 6) is -2.43. The molecule has 0 fully saturated rings. The quantitative estimate of drug-likeness (QED) is 0.486. The summed E-state index contributed by atoms with van der Waals surface area (Å²) in [6.07, 6.45) is 1.10. The molecule has 112 valence electrons. The van der Waals surface area contributed by atoms with Crippen molar-refractivity contribution in [3.05, 3.63) is 71.3 Å². The van der Waals surface area contributed by atoms with Gasteiger partial charge < -0.3 is 14.9 Å².